The number of carbonyl (C=O) groups is 2. The number of carbonyl (C=O) groups excluding carboxylic acids is 2. The first-order valence-corrected chi connectivity index (χ1v) is 9.72. The predicted molar refractivity (Wildman–Crippen MR) is 111 cm³/mol. The summed E-state index contributed by atoms with van der Waals surface area (Å²) < 4.78 is 10.7. The van der Waals surface area contributed by atoms with Crippen molar-refractivity contribution in [2.45, 2.75) is 19.8 Å². The number of aryl methyl sites for hydroxylation is 1. The highest BCUT2D eigenvalue weighted by Crippen LogP contribution is 2.39. The molecule has 0 bridgehead atoms. The molecular formula is C23H24N2O4. The van der Waals surface area contributed by atoms with E-state index in [2.05, 4.69) is 0 Å². The fraction of sp³-hybridized carbons (Fsp3) is 0.304. The first-order chi connectivity index (χ1) is 14.0. The number of rotatable bonds is 5. The quantitative estimate of drug-likeness (QED) is 0.730. The van der Waals surface area contributed by atoms with Crippen molar-refractivity contribution < 1.29 is 19.1 Å². The van der Waals surface area contributed by atoms with Crippen LogP contribution in [0.2, 0.25) is 0 Å². The molecule has 2 aromatic carbocycles. The van der Waals surface area contributed by atoms with Crippen molar-refractivity contribution in [3.63, 3.8) is 0 Å². The number of ether oxygens (including phenoxy) is 2. The fourth-order valence-corrected chi connectivity index (χ4v) is 4.01. The third kappa shape index (κ3) is 3.24. The van der Waals surface area contributed by atoms with Gasteiger partial charge in [0.1, 0.15) is 5.70 Å². The summed E-state index contributed by atoms with van der Waals surface area (Å²) in [4.78, 5) is 30.2. The van der Waals surface area contributed by atoms with Crippen molar-refractivity contribution in [1.29, 1.82) is 0 Å². The molecule has 0 atom stereocenters. The van der Waals surface area contributed by atoms with Crippen LogP contribution in [0.3, 0.4) is 0 Å². The number of likely N-dealkylation sites (tertiary alicyclic amines) is 1. The van der Waals surface area contributed by atoms with E-state index in [-0.39, 0.29) is 11.8 Å². The van der Waals surface area contributed by atoms with Gasteiger partial charge in [0.05, 0.1) is 25.5 Å². The van der Waals surface area contributed by atoms with Gasteiger partial charge < -0.3 is 14.4 Å². The summed E-state index contributed by atoms with van der Waals surface area (Å²) in [6, 6.07) is 12.8. The maximum atomic E-state index is 13.5. The number of nitrogens with zero attached hydrogens (tertiary/aromatic N) is 2. The van der Waals surface area contributed by atoms with E-state index in [4.69, 9.17) is 9.47 Å². The second-order valence-corrected chi connectivity index (χ2v) is 7.27. The van der Waals surface area contributed by atoms with Crippen molar-refractivity contribution in [3.8, 4) is 11.5 Å². The van der Waals surface area contributed by atoms with Gasteiger partial charge in [-0.1, -0.05) is 18.2 Å². The lowest BCUT2D eigenvalue weighted by atomic mass is 10.0. The van der Waals surface area contributed by atoms with Gasteiger partial charge in [-0.2, -0.15) is 0 Å². The number of hydrogen-bond donors (Lipinski definition) is 0. The van der Waals surface area contributed by atoms with Crippen LogP contribution < -0.4 is 14.4 Å². The zero-order chi connectivity index (χ0) is 20.5. The molecule has 2 aliphatic rings. The molecule has 0 spiro atoms. The molecule has 4 rings (SSSR count). The van der Waals surface area contributed by atoms with Gasteiger partial charge in [0.2, 0.25) is 0 Å². The van der Waals surface area contributed by atoms with E-state index in [0.29, 0.717) is 34.0 Å². The number of imide groups is 1. The third-order valence-corrected chi connectivity index (χ3v) is 5.41. The third-order valence-electron chi connectivity index (χ3n) is 5.41. The van der Waals surface area contributed by atoms with E-state index >= 15 is 0 Å². The summed E-state index contributed by atoms with van der Waals surface area (Å²) in [6.07, 6.45) is 2.02. The Morgan fingerprint density at radius 3 is 2.24 bits per heavy atom. The summed E-state index contributed by atoms with van der Waals surface area (Å²) in [5.74, 6) is 0.515. The normalized spacial score (nSPS) is 16.8. The van der Waals surface area contributed by atoms with Crippen molar-refractivity contribution in [1.82, 2.24) is 4.90 Å². The Balaban J connectivity index is 1.85. The van der Waals surface area contributed by atoms with Crippen LogP contribution in [0.5, 0.6) is 11.5 Å². The van der Waals surface area contributed by atoms with Crippen LogP contribution in [-0.2, 0) is 9.59 Å². The Morgan fingerprint density at radius 1 is 0.862 bits per heavy atom. The number of benzene rings is 2. The van der Waals surface area contributed by atoms with Crippen LogP contribution in [0.25, 0.3) is 5.57 Å². The first-order valence-electron chi connectivity index (χ1n) is 9.72. The zero-order valence-electron chi connectivity index (χ0n) is 16.9. The van der Waals surface area contributed by atoms with Gasteiger partial charge in [-0.05, 0) is 55.2 Å². The predicted octanol–water partition coefficient (Wildman–Crippen LogP) is 3.39. The van der Waals surface area contributed by atoms with Crippen LogP contribution in [0.15, 0.2) is 48.2 Å². The van der Waals surface area contributed by atoms with Crippen molar-refractivity contribution >= 4 is 23.1 Å². The lowest BCUT2D eigenvalue weighted by Crippen LogP contribution is -2.34. The second kappa shape index (κ2) is 7.62. The molecule has 0 aliphatic carbocycles. The van der Waals surface area contributed by atoms with Gasteiger partial charge in [-0.3, -0.25) is 9.59 Å². The Hall–Kier alpha value is -3.28. The highest BCUT2D eigenvalue weighted by atomic mass is 16.5. The monoisotopic (exact) mass is 392 g/mol. The van der Waals surface area contributed by atoms with Crippen LogP contribution in [0, 0.1) is 6.92 Å². The highest BCUT2D eigenvalue weighted by molar-refractivity contribution is 6.45. The Morgan fingerprint density at radius 2 is 1.59 bits per heavy atom. The smallest absolute Gasteiger partial charge is 0.282 e. The molecule has 0 aromatic heterocycles. The molecule has 6 nitrogen and oxygen atoms in total. The maximum Gasteiger partial charge on any atom is 0.282 e. The summed E-state index contributed by atoms with van der Waals surface area (Å²) >= 11 is 0. The Kier molecular flexibility index (Phi) is 5.01. The van der Waals surface area contributed by atoms with Crippen molar-refractivity contribution in [2.75, 3.05) is 32.2 Å². The van der Waals surface area contributed by atoms with Gasteiger partial charge in [-0.25, -0.2) is 4.90 Å². The summed E-state index contributed by atoms with van der Waals surface area (Å²) in [6.45, 7) is 3.48. The average molecular weight is 392 g/mol. The van der Waals surface area contributed by atoms with Crippen LogP contribution >= 0.6 is 0 Å². The number of methoxy groups -OCH3 is 2. The molecule has 2 aliphatic heterocycles. The maximum absolute atomic E-state index is 13.5. The van der Waals surface area contributed by atoms with Gasteiger partial charge in [0.15, 0.2) is 11.5 Å². The van der Waals surface area contributed by atoms with Crippen LogP contribution in [-0.4, -0.2) is 44.0 Å². The molecule has 0 saturated carbocycles. The van der Waals surface area contributed by atoms with Crippen LogP contribution in [0.4, 0.5) is 5.69 Å². The standard InChI is InChI=1S/C23H24N2O4/c1-15-7-6-8-17(13-15)25-22(26)20(21(23(25)27)24-11-4-5-12-24)16-9-10-18(28-2)19(14-16)29-3/h6-10,13-14H,4-5,11-12H2,1-3H3. The number of amides is 2. The van der Waals surface area contributed by atoms with E-state index in [1.54, 1.807) is 38.5 Å². The minimum Gasteiger partial charge on any atom is -0.493 e. The topological polar surface area (TPSA) is 59.1 Å². The van der Waals surface area contributed by atoms with E-state index in [1.807, 2.05) is 30.0 Å². The lowest BCUT2D eigenvalue weighted by Gasteiger charge is -2.20. The van der Waals surface area contributed by atoms with Gasteiger partial charge in [-0.15, -0.1) is 0 Å². The average Bonchev–Trinajstić information content (AvgIpc) is 3.33. The largest absolute Gasteiger partial charge is 0.493 e. The van der Waals surface area contributed by atoms with Gasteiger partial charge in [0, 0.05) is 13.1 Å². The summed E-state index contributed by atoms with van der Waals surface area (Å²) in [5.41, 5.74) is 3.12. The molecule has 150 valence electrons. The SMILES string of the molecule is COc1ccc(C2=C(N3CCCC3)C(=O)N(c3cccc(C)c3)C2=O)cc1OC. The van der Waals surface area contributed by atoms with E-state index in [1.165, 1.54) is 4.90 Å². The van der Waals surface area contributed by atoms with Gasteiger partial charge in [0.25, 0.3) is 11.8 Å². The highest BCUT2D eigenvalue weighted by Gasteiger charge is 2.43. The minimum atomic E-state index is -0.310. The molecule has 0 N–H and O–H groups in total. The molecule has 2 heterocycles. The Labute approximate surface area is 170 Å². The second-order valence-electron chi connectivity index (χ2n) is 7.27. The summed E-state index contributed by atoms with van der Waals surface area (Å²) in [5, 5.41) is 0. The molecule has 6 heteroatoms. The van der Waals surface area contributed by atoms with Crippen LogP contribution in [0.1, 0.15) is 24.0 Å². The summed E-state index contributed by atoms with van der Waals surface area (Å²) in [7, 11) is 3.12. The molecule has 1 saturated heterocycles. The van der Waals surface area contributed by atoms with Gasteiger partial charge >= 0.3 is 0 Å². The van der Waals surface area contributed by atoms with Crippen molar-refractivity contribution in [3.05, 3.63) is 59.3 Å². The zero-order valence-corrected chi connectivity index (χ0v) is 16.9. The van der Waals surface area contributed by atoms with E-state index in [0.717, 1.165) is 31.5 Å². The molecule has 0 unspecified atom stereocenters. The number of anilines is 1. The molecule has 2 aromatic rings. The first kappa shape index (κ1) is 19.1. The fourth-order valence-electron chi connectivity index (χ4n) is 4.01. The Bertz CT molecular complexity index is 1010. The molecular weight excluding hydrogens is 368 g/mol. The molecule has 1 fully saturated rings. The van der Waals surface area contributed by atoms with E-state index < -0.39 is 0 Å². The number of hydrogen-bond acceptors (Lipinski definition) is 5. The molecule has 29 heavy (non-hydrogen) atoms. The van der Waals surface area contributed by atoms with Crippen molar-refractivity contribution in [2.24, 2.45) is 0 Å². The molecule has 0 radical (unpaired) electrons. The van der Waals surface area contributed by atoms with E-state index in [9.17, 15) is 9.59 Å². The lowest BCUT2D eigenvalue weighted by molar-refractivity contribution is -0.120. The minimum absolute atomic E-state index is 0.271. The molecule has 2 amide bonds.